The Kier molecular flexibility index (Phi) is 6.05. The number of carbonyl (C=O) groups excluding carboxylic acids is 2. The lowest BCUT2D eigenvalue weighted by molar-refractivity contribution is -0.127. The highest BCUT2D eigenvalue weighted by Gasteiger charge is 2.32. The summed E-state index contributed by atoms with van der Waals surface area (Å²) in [6.07, 6.45) is 0.295. The Morgan fingerprint density at radius 2 is 2.03 bits per heavy atom. The topological polar surface area (TPSA) is 109 Å². The first-order valence-corrected chi connectivity index (χ1v) is 11.3. The van der Waals surface area contributed by atoms with Gasteiger partial charge in [0.1, 0.15) is 10.8 Å². The van der Waals surface area contributed by atoms with Gasteiger partial charge in [-0.2, -0.15) is 0 Å². The van der Waals surface area contributed by atoms with Crippen LogP contribution in [0.2, 0.25) is 0 Å². The zero-order valence-electron chi connectivity index (χ0n) is 16.5. The molecule has 1 saturated heterocycles. The number of thiazole rings is 2. The van der Waals surface area contributed by atoms with E-state index < -0.39 is 5.91 Å². The molecule has 0 aliphatic carbocycles. The van der Waals surface area contributed by atoms with Gasteiger partial charge in [0, 0.05) is 30.9 Å². The number of Topliss-reactive ketones (excluding diaryl/α,β-unsaturated/α-hetero) is 1. The number of hydrogen-bond donors (Lipinski definition) is 2. The largest absolute Gasteiger partial charge is 0.390 e. The molecular formula is C21H22N4O3S2. The van der Waals surface area contributed by atoms with Gasteiger partial charge < -0.3 is 10.8 Å². The molecule has 3 heterocycles. The quantitative estimate of drug-likeness (QED) is 0.554. The molecule has 156 valence electrons. The summed E-state index contributed by atoms with van der Waals surface area (Å²) in [5.74, 6) is -0.396. The van der Waals surface area contributed by atoms with Crippen LogP contribution >= 0.6 is 22.7 Å². The Bertz CT molecular complexity index is 1090. The third-order valence-electron chi connectivity index (χ3n) is 5.24. The number of carbonyl (C=O) groups is 2. The van der Waals surface area contributed by atoms with Crippen LogP contribution < -0.4 is 5.73 Å². The van der Waals surface area contributed by atoms with Crippen LogP contribution in [0, 0.1) is 12.8 Å². The van der Waals surface area contributed by atoms with Gasteiger partial charge in [0.15, 0.2) is 5.01 Å². The summed E-state index contributed by atoms with van der Waals surface area (Å²) in [4.78, 5) is 35.5. The second-order valence-electron chi connectivity index (χ2n) is 7.40. The molecule has 30 heavy (non-hydrogen) atoms. The molecule has 9 heteroatoms. The lowest BCUT2D eigenvalue weighted by Crippen LogP contribution is -2.50. The van der Waals surface area contributed by atoms with E-state index in [1.54, 1.807) is 0 Å². The van der Waals surface area contributed by atoms with Crippen LogP contribution in [-0.4, -0.2) is 44.8 Å². The molecular weight excluding hydrogens is 420 g/mol. The minimum Gasteiger partial charge on any atom is -0.390 e. The molecule has 0 unspecified atom stereocenters. The zero-order valence-corrected chi connectivity index (χ0v) is 18.1. The SMILES string of the molecule is Cc1ccccc1CN1CC(C(=O)Cc2nc(-c3sc(C(N)=O)nc3CO)cs2)C1. The van der Waals surface area contributed by atoms with Crippen molar-refractivity contribution in [2.75, 3.05) is 13.1 Å². The smallest absolute Gasteiger partial charge is 0.277 e. The number of benzene rings is 1. The van der Waals surface area contributed by atoms with E-state index in [2.05, 4.69) is 33.9 Å². The molecule has 1 aliphatic rings. The number of hydrogen-bond acceptors (Lipinski definition) is 8. The molecule has 1 amide bonds. The number of amides is 1. The predicted octanol–water partition coefficient (Wildman–Crippen LogP) is 2.41. The van der Waals surface area contributed by atoms with E-state index in [1.807, 2.05) is 17.5 Å². The monoisotopic (exact) mass is 442 g/mol. The molecule has 0 atom stereocenters. The highest BCUT2D eigenvalue weighted by Crippen LogP contribution is 2.32. The van der Waals surface area contributed by atoms with Crippen molar-refractivity contribution >= 4 is 34.4 Å². The van der Waals surface area contributed by atoms with Gasteiger partial charge in [-0.1, -0.05) is 24.3 Å². The molecule has 3 N–H and O–H groups in total. The molecule has 1 aromatic carbocycles. The zero-order chi connectivity index (χ0) is 21.3. The molecule has 2 aromatic heterocycles. The average Bonchev–Trinajstić information content (AvgIpc) is 3.32. The van der Waals surface area contributed by atoms with Crippen LogP contribution in [0.1, 0.15) is 31.6 Å². The van der Waals surface area contributed by atoms with Crippen molar-refractivity contribution in [1.29, 1.82) is 0 Å². The number of aryl methyl sites for hydroxylation is 1. The minimum atomic E-state index is -0.633. The predicted molar refractivity (Wildman–Crippen MR) is 116 cm³/mol. The van der Waals surface area contributed by atoms with Crippen LogP contribution in [0.3, 0.4) is 0 Å². The Labute approximate surface area is 182 Å². The first-order chi connectivity index (χ1) is 14.4. The number of aliphatic hydroxyl groups is 1. The van der Waals surface area contributed by atoms with Gasteiger partial charge in [-0.3, -0.25) is 14.5 Å². The van der Waals surface area contributed by atoms with Gasteiger partial charge in [0.05, 0.1) is 29.3 Å². The second-order valence-corrected chi connectivity index (χ2v) is 9.35. The van der Waals surface area contributed by atoms with E-state index in [0.717, 1.165) is 36.0 Å². The molecule has 7 nitrogen and oxygen atoms in total. The van der Waals surface area contributed by atoms with Crippen LogP contribution in [0.25, 0.3) is 10.6 Å². The lowest BCUT2D eigenvalue weighted by Gasteiger charge is -2.38. The summed E-state index contributed by atoms with van der Waals surface area (Å²) in [5, 5.41) is 12.2. The van der Waals surface area contributed by atoms with E-state index in [0.29, 0.717) is 22.7 Å². The maximum absolute atomic E-state index is 12.7. The first kappa shape index (κ1) is 20.8. The number of nitrogens with zero attached hydrogens (tertiary/aromatic N) is 3. The Hall–Kier alpha value is -2.46. The van der Waals surface area contributed by atoms with Crippen molar-refractivity contribution in [2.45, 2.75) is 26.5 Å². The van der Waals surface area contributed by atoms with E-state index >= 15 is 0 Å². The van der Waals surface area contributed by atoms with Gasteiger partial charge in [0.25, 0.3) is 5.91 Å². The highest BCUT2D eigenvalue weighted by atomic mass is 32.1. The van der Waals surface area contributed by atoms with Crippen LogP contribution in [0.4, 0.5) is 0 Å². The maximum atomic E-state index is 12.7. The number of nitrogens with two attached hydrogens (primary N) is 1. The van der Waals surface area contributed by atoms with E-state index in [1.165, 1.54) is 22.5 Å². The summed E-state index contributed by atoms with van der Waals surface area (Å²) in [6.45, 7) is 4.22. The summed E-state index contributed by atoms with van der Waals surface area (Å²) < 4.78 is 0. The van der Waals surface area contributed by atoms with Crippen molar-refractivity contribution in [1.82, 2.24) is 14.9 Å². The number of rotatable bonds is 8. The van der Waals surface area contributed by atoms with Crippen LogP contribution in [0.15, 0.2) is 29.6 Å². The number of ketones is 1. The van der Waals surface area contributed by atoms with E-state index in [-0.39, 0.29) is 23.3 Å². The first-order valence-electron chi connectivity index (χ1n) is 9.59. The van der Waals surface area contributed by atoms with Crippen LogP contribution in [0.5, 0.6) is 0 Å². The minimum absolute atomic E-state index is 0.0410. The molecule has 0 bridgehead atoms. The van der Waals surface area contributed by atoms with E-state index in [4.69, 9.17) is 5.73 Å². The summed E-state index contributed by atoms with van der Waals surface area (Å²) in [5.41, 5.74) is 8.85. The summed E-state index contributed by atoms with van der Waals surface area (Å²) in [7, 11) is 0. The van der Waals surface area contributed by atoms with Gasteiger partial charge >= 0.3 is 0 Å². The van der Waals surface area contributed by atoms with Crippen molar-refractivity contribution in [3.05, 3.63) is 56.5 Å². The Morgan fingerprint density at radius 3 is 2.73 bits per heavy atom. The highest BCUT2D eigenvalue weighted by molar-refractivity contribution is 7.17. The fourth-order valence-electron chi connectivity index (χ4n) is 3.49. The molecule has 3 aromatic rings. The third-order valence-corrected chi connectivity index (χ3v) is 7.22. The molecule has 4 rings (SSSR count). The third kappa shape index (κ3) is 4.34. The second kappa shape index (κ2) is 8.73. The lowest BCUT2D eigenvalue weighted by atomic mass is 9.92. The average molecular weight is 443 g/mol. The molecule has 1 aliphatic heterocycles. The molecule has 0 spiro atoms. The number of likely N-dealkylation sites (tertiary alicyclic amines) is 1. The van der Waals surface area contributed by atoms with Crippen LogP contribution in [-0.2, 0) is 24.4 Å². The molecule has 0 saturated carbocycles. The summed E-state index contributed by atoms with van der Waals surface area (Å²) >= 11 is 2.51. The van der Waals surface area contributed by atoms with Crippen molar-refractivity contribution in [3.63, 3.8) is 0 Å². The Morgan fingerprint density at radius 1 is 1.27 bits per heavy atom. The van der Waals surface area contributed by atoms with E-state index in [9.17, 15) is 14.7 Å². The van der Waals surface area contributed by atoms with Gasteiger partial charge in [0.2, 0.25) is 0 Å². The summed E-state index contributed by atoms with van der Waals surface area (Å²) in [6, 6.07) is 8.32. The fourth-order valence-corrected chi connectivity index (χ4v) is 5.24. The fraction of sp³-hybridized carbons (Fsp3) is 0.333. The number of aromatic nitrogens is 2. The normalized spacial score (nSPS) is 14.6. The van der Waals surface area contributed by atoms with Crippen molar-refractivity contribution in [3.8, 4) is 10.6 Å². The van der Waals surface area contributed by atoms with Gasteiger partial charge in [-0.05, 0) is 18.1 Å². The van der Waals surface area contributed by atoms with Gasteiger partial charge in [-0.15, -0.1) is 22.7 Å². The standard InChI is InChI=1S/C21H22N4O3S2/c1-12-4-2-3-5-13(12)7-25-8-14(9-25)17(27)6-18-23-16(11-29-18)19-15(10-26)24-21(30-19)20(22)28/h2-5,11,14,26H,6-10H2,1H3,(H2,22,28). The maximum Gasteiger partial charge on any atom is 0.277 e. The van der Waals surface area contributed by atoms with Gasteiger partial charge in [-0.25, -0.2) is 9.97 Å². The molecule has 0 radical (unpaired) electrons. The Balaban J connectivity index is 1.35. The number of primary amides is 1. The van der Waals surface area contributed by atoms with Crippen molar-refractivity contribution in [2.24, 2.45) is 11.7 Å². The molecule has 1 fully saturated rings. The number of aliphatic hydroxyl groups excluding tert-OH is 1. The van der Waals surface area contributed by atoms with Crippen molar-refractivity contribution < 1.29 is 14.7 Å².